The number of aromatic nitrogens is 2. The molecule has 1 aliphatic heterocycles. The highest BCUT2D eigenvalue weighted by Crippen LogP contribution is 2.30. The summed E-state index contributed by atoms with van der Waals surface area (Å²) in [5, 5.41) is 2.67. The van der Waals surface area contributed by atoms with E-state index in [1.807, 2.05) is 0 Å². The summed E-state index contributed by atoms with van der Waals surface area (Å²) in [7, 11) is 0. The van der Waals surface area contributed by atoms with Gasteiger partial charge in [-0.15, -0.1) is 11.8 Å². The molecule has 0 spiro atoms. The lowest BCUT2D eigenvalue weighted by Gasteiger charge is -2.15. The van der Waals surface area contributed by atoms with E-state index in [-0.39, 0.29) is 12.3 Å². The Kier molecular flexibility index (Phi) is 3.61. The fraction of sp³-hybridized carbons (Fsp3) is 0.231. The van der Waals surface area contributed by atoms with Gasteiger partial charge in [0, 0.05) is 12.8 Å². The Morgan fingerprint density at radius 3 is 3.10 bits per heavy atom. The van der Waals surface area contributed by atoms with Gasteiger partial charge >= 0.3 is 5.76 Å². The Morgan fingerprint density at radius 2 is 2.29 bits per heavy atom. The molecule has 2 aromatic rings. The predicted molar refractivity (Wildman–Crippen MR) is 75.8 cm³/mol. The van der Waals surface area contributed by atoms with Crippen molar-refractivity contribution in [2.45, 2.75) is 17.7 Å². The number of nitrogens with zero attached hydrogens (tertiary/aromatic N) is 2. The third-order valence-corrected chi connectivity index (χ3v) is 3.95. The molecule has 0 fully saturated rings. The molecule has 8 heteroatoms. The smallest absolute Gasteiger partial charge is 0.413 e. The van der Waals surface area contributed by atoms with Crippen LogP contribution in [0.25, 0.3) is 5.82 Å². The quantitative estimate of drug-likeness (QED) is 0.847. The normalized spacial score (nSPS) is 13.6. The molecule has 2 aromatic heterocycles. The van der Waals surface area contributed by atoms with Crippen molar-refractivity contribution < 1.29 is 14.0 Å². The number of hydrogen-bond donors (Lipinski definition) is 1. The number of aldehydes is 1. The van der Waals surface area contributed by atoms with Gasteiger partial charge in [-0.25, -0.2) is 14.3 Å². The molecule has 0 unspecified atom stereocenters. The van der Waals surface area contributed by atoms with Gasteiger partial charge < -0.3 is 14.5 Å². The van der Waals surface area contributed by atoms with Crippen molar-refractivity contribution in [2.75, 3.05) is 11.1 Å². The Balaban J connectivity index is 1.95. The molecule has 21 heavy (non-hydrogen) atoms. The zero-order valence-corrected chi connectivity index (χ0v) is 11.7. The molecule has 0 atom stereocenters. The maximum absolute atomic E-state index is 11.8. The first-order valence-corrected chi connectivity index (χ1v) is 7.25. The van der Waals surface area contributed by atoms with E-state index in [9.17, 15) is 14.4 Å². The maximum Gasteiger partial charge on any atom is 0.424 e. The van der Waals surface area contributed by atoms with Crippen LogP contribution in [0.15, 0.2) is 32.4 Å². The lowest BCUT2D eigenvalue weighted by atomic mass is 10.3. The minimum Gasteiger partial charge on any atom is -0.413 e. The fourth-order valence-corrected chi connectivity index (χ4v) is 2.70. The summed E-state index contributed by atoms with van der Waals surface area (Å²) in [6, 6.07) is 3.48. The van der Waals surface area contributed by atoms with E-state index < -0.39 is 5.76 Å². The number of aryl methyl sites for hydroxylation is 1. The standard InChI is InChI=1S/C13H11N3O4S/c17-5-1-2-8-6-16(13(19)20-8)10-4-3-9-12(14-10)15-11(18)7-21-9/h3-6H,1-2,7H2,(H,14,15,18). The van der Waals surface area contributed by atoms with Crippen molar-refractivity contribution in [1.82, 2.24) is 9.55 Å². The molecule has 0 aliphatic carbocycles. The molecule has 0 aromatic carbocycles. The van der Waals surface area contributed by atoms with Gasteiger partial charge in [-0.3, -0.25) is 4.79 Å². The molecule has 0 saturated carbocycles. The van der Waals surface area contributed by atoms with Crippen LogP contribution in [-0.4, -0.2) is 27.5 Å². The molecule has 0 saturated heterocycles. The number of amides is 1. The van der Waals surface area contributed by atoms with E-state index in [2.05, 4.69) is 10.3 Å². The van der Waals surface area contributed by atoms with Crippen LogP contribution in [-0.2, 0) is 16.0 Å². The molecule has 3 rings (SSSR count). The molecule has 108 valence electrons. The minimum absolute atomic E-state index is 0.122. The van der Waals surface area contributed by atoms with Gasteiger partial charge in [0.15, 0.2) is 0 Å². The van der Waals surface area contributed by atoms with Crippen molar-refractivity contribution in [3.63, 3.8) is 0 Å². The summed E-state index contributed by atoms with van der Waals surface area (Å²) in [6.45, 7) is 0. The predicted octanol–water partition coefficient (Wildman–Crippen LogP) is 1.00. The molecule has 1 N–H and O–H groups in total. The molecule has 1 amide bonds. The topological polar surface area (TPSA) is 94.2 Å². The van der Waals surface area contributed by atoms with Crippen molar-refractivity contribution in [2.24, 2.45) is 0 Å². The van der Waals surface area contributed by atoms with E-state index >= 15 is 0 Å². The number of fused-ring (bicyclic) bond motifs is 1. The van der Waals surface area contributed by atoms with Crippen molar-refractivity contribution >= 4 is 29.8 Å². The van der Waals surface area contributed by atoms with Crippen LogP contribution in [0.5, 0.6) is 0 Å². The highest BCUT2D eigenvalue weighted by molar-refractivity contribution is 8.00. The second-order valence-corrected chi connectivity index (χ2v) is 5.41. The Morgan fingerprint density at radius 1 is 1.43 bits per heavy atom. The summed E-state index contributed by atoms with van der Waals surface area (Å²) in [6.07, 6.45) is 2.93. The molecule has 1 aliphatic rings. The van der Waals surface area contributed by atoms with Crippen LogP contribution in [0.3, 0.4) is 0 Å². The number of carbonyl (C=O) groups is 2. The number of oxazole rings is 1. The van der Waals surface area contributed by atoms with Crippen LogP contribution in [0.1, 0.15) is 12.2 Å². The first kappa shape index (κ1) is 13.6. The number of carbonyl (C=O) groups excluding carboxylic acids is 2. The van der Waals surface area contributed by atoms with Crippen LogP contribution >= 0.6 is 11.8 Å². The third-order valence-electron chi connectivity index (χ3n) is 2.90. The lowest BCUT2D eigenvalue weighted by Crippen LogP contribution is -2.21. The van der Waals surface area contributed by atoms with Gasteiger partial charge in [0.05, 0.1) is 16.8 Å². The molecular weight excluding hydrogens is 294 g/mol. The fourth-order valence-electron chi connectivity index (χ4n) is 1.95. The van der Waals surface area contributed by atoms with Gasteiger partial charge in [0.25, 0.3) is 0 Å². The molecule has 3 heterocycles. The second kappa shape index (κ2) is 5.57. The van der Waals surface area contributed by atoms with E-state index in [0.717, 1.165) is 11.2 Å². The summed E-state index contributed by atoms with van der Waals surface area (Å²) >= 11 is 1.40. The highest BCUT2D eigenvalue weighted by atomic mass is 32.2. The lowest BCUT2D eigenvalue weighted by molar-refractivity contribution is -0.114. The van der Waals surface area contributed by atoms with Gasteiger partial charge in [0.1, 0.15) is 23.7 Å². The van der Waals surface area contributed by atoms with E-state index in [4.69, 9.17) is 4.42 Å². The Hall–Kier alpha value is -2.35. The zero-order chi connectivity index (χ0) is 14.8. The van der Waals surface area contributed by atoms with Crippen molar-refractivity contribution in [3.05, 3.63) is 34.6 Å². The Bertz CT molecular complexity index is 765. The van der Waals surface area contributed by atoms with E-state index in [0.29, 0.717) is 29.6 Å². The van der Waals surface area contributed by atoms with Crippen molar-refractivity contribution in [1.29, 1.82) is 0 Å². The van der Waals surface area contributed by atoms with Crippen LogP contribution in [0, 0.1) is 0 Å². The number of nitrogens with one attached hydrogen (secondary N) is 1. The van der Waals surface area contributed by atoms with Gasteiger partial charge in [-0.05, 0) is 12.1 Å². The highest BCUT2D eigenvalue weighted by Gasteiger charge is 2.18. The number of anilines is 1. The summed E-state index contributed by atoms with van der Waals surface area (Å²) in [5.74, 6) is 0.890. The zero-order valence-electron chi connectivity index (χ0n) is 10.9. The number of thioether (sulfide) groups is 1. The van der Waals surface area contributed by atoms with Gasteiger partial charge in [0.2, 0.25) is 5.91 Å². The minimum atomic E-state index is -0.571. The number of rotatable bonds is 4. The molecular formula is C13H11N3O4S. The van der Waals surface area contributed by atoms with Crippen LogP contribution in [0.2, 0.25) is 0 Å². The maximum atomic E-state index is 11.8. The second-order valence-electron chi connectivity index (χ2n) is 4.39. The number of hydrogen-bond acceptors (Lipinski definition) is 6. The largest absolute Gasteiger partial charge is 0.424 e. The van der Waals surface area contributed by atoms with Crippen molar-refractivity contribution in [3.8, 4) is 5.82 Å². The van der Waals surface area contributed by atoms with Crippen LogP contribution in [0.4, 0.5) is 5.82 Å². The monoisotopic (exact) mass is 305 g/mol. The molecule has 7 nitrogen and oxygen atoms in total. The van der Waals surface area contributed by atoms with Gasteiger partial charge in [-0.2, -0.15) is 0 Å². The number of pyridine rings is 1. The van der Waals surface area contributed by atoms with E-state index in [1.165, 1.54) is 22.5 Å². The SMILES string of the molecule is O=CCCc1cn(-c2ccc3c(n2)NC(=O)CS3)c(=O)o1. The summed E-state index contributed by atoms with van der Waals surface area (Å²) in [5.41, 5.74) is 0. The Labute approximate surface area is 123 Å². The summed E-state index contributed by atoms with van der Waals surface area (Å²) in [4.78, 5) is 38.7. The van der Waals surface area contributed by atoms with Crippen LogP contribution < -0.4 is 11.1 Å². The third kappa shape index (κ3) is 2.75. The summed E-state index contributed by atoms with van der Waals surface area (Å²) < 4.78 is 6.31. The molecule has 0 radical (unpaired) electrons. The first-order valence-electron chi connectivity index (χ1n) is 6.26. The molecule has 0 bridgehead atoms. The average molecular weight is 305 g/mol. The van der Waals surface area contributed by atoms with Gasteiger partial charge in [-0.1, -0.05) is 0 Å². The first-order chi connectivity index (χ1) is 10.2. The average Bonchev–Trinajstić information content (AvgIpc) is 2.85. The van der Waals surface area contributed by atoms with E-state index in [1.54, 1.807) is 12.1 Å².